The zero-order chi connectivity index (χ0) is 27.5. The van der Waals surface area contributed by atoms with Crippen molar-refractivity contribution >= 4 is 40.7 Å². The van der Waals surface area contributed by atoms with Gasteiger partial charge in [0, 0.05) is 24.2 Å². The van der Waals surface area contributed by atoms with Gasteiger partial charge in [0.1, 0.15) is 10.5 Å². The van der Waals surface area contributed by atoms with Crippen LogP contribution in [-0.4, -0.2) is 75.4 Å². The van der Waals surface area contributed by atoms with Gasteiger partial charge in [-0.2, -0.15) is 5.10 Å². The fourth-order valence-corrected chi connectivity index (χ4v) is 4.22. The number of ether oxygens (including phenoxy) is 1. The van der Waals surface area contributed by atoms with E-state index in [9.17, 15) is 42.9 Å². The third kappa shape index (κ3) is 5.69. The van der Waals surface area contributed by atoms with Crippen LogP contribution in [0, 0.1) is 0 Å². The minimum absolute atomic E-state index is 0.0276. The molecule has 0 aromatic heterocycles. The number of hydrogen-bond donors (Lipinski definition) is 5. The highest BCUT2D eigenvalue weighted by Gasteiger charge is 2.52. The average Bonchev–Trinajstić information content (AvgIpc) is 2.84. The Morgan fingerprint density at radius 1 is 1.14 bits per heavy atom. The number of nitrogens with zero attached hydrogens (tertiary/aromatic N) is 2. The maximum absolute atomic E-state index is 12.4. The summed E-state index contributed by atoms with van der Waals surface area (Å²) in [5, 5.41) is 32.1. The van der Waals surface area contributed by atoms with Crippen molar-refractivity contribution in [3.63, 3.8) is 0 Å². The van der Waals surface area contributed by atoms with E-state index < -0.39 is 62.8 Å². The Morgan fingerprint density at radius 2 is 1.76 bits per heavy atom. The molecular weight excluding hydrogens is 510 g/mol. The number of amides is 2. The number of β-lactam (4-membered cyclic amide) rings is 1. The number of carbonyl (C=O) groups excluding carboxylic acids is 3. The van der Waals surface area contributed by atoms with Gasteiger partial charge in [-0.1, -0.05) is 0 Å². The second kappa shape index (κ2) is 10.7. The standard InChI is InChI=1S/C23H23N3O10S/c1-12-9-18(29)26(12)19(21(31)32)23(2,37(34)35)11-24-25-20(30)13-3-6-15(7-4-13)36-22(33)14-5-8-16(27)17(28)10-14/h3-8,10-12,19,27-28,37H,9H2,1-2H3,(H,25,30)(H,31,32)/b24-11+/t12-,19+,23+/m1/s1. The Hall–Kier alpha value is -4.46. The van der Waals surface area contributed by atoms with E-state index in [1.807, 2.05) is 0 Å². The highest BCUT2D eigenvalue weighted by molar-refractivity contribution is 7.75. The molecule has 0 unspecified atom stereocenters. The number of esters is 1. The van der Waals surface area contributed by atoms with E-state index in [0.29, 0.717) is 0 Å². The summed E-state index contributed by atoms with van der Waals surface area (Å²) in [5.41, 5.74) is 2.13. The van der Waals surface area contributed by atoms with Crippen molar-refractivity contribution in [3.05, 3.63) is 53.6 Å². The van der Waals surface area contributed by atoms with E-state index >= 15 is 0 Å². The number of carbonyl (C=O) groups is 4. The summed E-state index contributed by atoms with van der Waals surface area (Å²) in [6, 6.07) is 6.34. The quantitative estimate of drug-likeness (QED) is 0.0574. The van der Waals surface area contributed by atoms with Gasteiger partial charge in [-0.25, -0.2) is 23.4 Å². The van der Waals surface area contributed by atoms with Gasteiger partial charge in [0.25, 0.3) is 5.91 Å². The number of rotatable bonds is 9. The largest absolute Gasteiger partial charge is 0.504 e. The molecule has 1 aliphatic rings. The van der Waals surface area contributed by atoms with Crippen molar-refractivity contribution in [2.24, 2.45) is 5.10 Å². The summed E-state index contributed by atoms with van der Waals surface area (Å²) in [7, 11) is -3.43. The normalized spacial score (nSPS) is 17.6. The lowest BCUT2D eigenvalue weighted by Gasteiger charge is -2.45. The van der Waals surface area contributed by atoms with E-state index in [1.54, 1.807) is 6.92 Å². The summed E-state index contributed by atoms with van der Waals surface area (Å²) in [6.45, 7) is 2.67. The number of aliphatic carboxylic acids is 1. The Balaban J connectivity index is 1.69. The molecule has 37 heavy (non-hydrogen) atoms. The van der Waals surface area contributed by atoms with Crippen LogP contribution in [0.15, 0.2) is 47.6 Å². The number of hydrogen-bond acceptors (Lipinski definition) is 10. The molecule has 0 spiro atoms. The fourth-order valence-electron chi connectivity index (χ4n) is 3.63. The number of benzene rings is 2. The van der Waals surface area contributed by atoms with Gasteiger partial charge >= 0.3 is 11.9 Å². The number of phenolic OH excluding ortho intramolecular Hbond substituents is 2. The molecule has 1 fully saturated rings. The fraction of sp³-hybridized carbons (Fsp3) is 0.261. The molecule has 0 aliphatic carbocycles. The number of hydrazone groups is 1. The number of likely N-dealkylation sites (tertiary alicyclic amines) is 1. The van der Waals surface area contributed by atoms with Crippen molar-refractivity contribution in [2.45, 2.75) is 37.1 Å². The number of carboxylic acids is 1. The number of thiol groups is 1. The molecule has 0 radical (unpaired) electrons. The first-order valence-electron chi connectivity index (χ1n) is 10.7. The predicted octanol–water partition coefficient (Wildman–Crippen LogP) is 0.477. The van der Waals surface area contributed by atoms with Crippen molar-refractivity contribution in [3.8, 4) is 17.2 Å². The summed E-state index contributed by atoms with van der Waals surface area (Å²) >= 11 is 0. The minimum atomic E-state index is -3.43. The van der Waals surface area contributed by atoms with Gasteiger partial charge in [-0.15, -0.1) is 0 Å². The zero-order valence-electron chi connectivity index (χ0n) is 19.5. The number of phenols is 2. The van der Waals surface area contributed by atoms with Crippen molar-refractivity contribution in [2.75, 3.05) is 0 Å². The van der Waals surface area contributed by atoms with Crippen LogP contribution in [-0.2, 0) is 20.3 Å². The summed E-state index contributed by atoms with van der Waals surface area (Å²) in [5.74, 6) is -4.49. The lowest BCUT2D eigenvalue weighted by Crippen LogP contribution is -2.66. The second-order valence-corrected chi connectivity index (χ2v) is 9.87. The third-order valence-electron chi connectivity index (χ3n) is 5.72. The van der Waals surface area contributed by atoms with E-state index in [-0.39, 0.29) is 23.3 Å². The van der Waals surface area contributed by atoms with E-state index in [0.717, 1.165) is 30.2 Å². The molecule has 2 amide bonds. The van der Waals surface area contributed by atoms with Crippen molar-refractivity contribution in [1.29, 1.82) is 0 Å². The lowest BCUT2D eigenvalue weighted by atomic mass is 9.92. The lowest BCUT2D eigenvalue weighted by molar-refractivity contribution is -0.161. The van der Waals surface area contributed by atoms with Crippen molar-refractivity contribution in [1.82, 2.24) is 10.3 Å². The topological polar surface area (TPSA) is 200 Å². The Morgan fingerprint density at radius 3 is 2.27 bits per heavy atom. The Labute approximate surface area is 211 Å². The Kier molecular flexibility index (Phi) is 7.81. The van der Waals surface area contributed by atoms with Gasteiger partial charge in [0.2, 0.25) is 5.91 Å². The zero-order valence-corrected chi connectivity index (χ0v) is 20.4. The molecular formula is C23H23N3O10S. The highest BCUT2D eigenvalue weighted by atomic mass is 32.2. The van der Waals surface area contributed by atoms with E-state index in [2.05, 4.69) is 10.5 Å². The van der Waals surface area contributed by atoms with E-state index in [4.69, 9.17) is 4.74 Å². The first kappa shape index (κ1) is 27.1. The van der Waals surface area contributed by atoms with Gasteiger partial charge < -0.3 is 25.0 Å². The molecule has 1 aliphatic heterocycles. The molecule has 1 saturated heterocycles. The molecule has 196 valence electrons. The smallest absolute Gasteiger partial charge is 0.343 e. The first-order valence-corrected chi connectivity index (χ1v) is 11.9. The minimum Gasteiger partial charge on any atom is -0.504 e. The summed E-state index contributed by atoms with van der Waals surface area (Å²) in [6.07, 6.45) is 0.850. The van der Waals surface area contributed by atoms with E-state index in [1.165, 1.54) is 30.3 Å². The van der Waals surface area contributed by atoms with Crippen LogP contribution in [0.2, 0.25) is 0 Å². The number of carboxylic acid groups (broad SMARTS) is 1. The molecule has 2 aromatic rings. The average molecular weight is 534 g/mol. The maximum Gasteiger partial charge on any atom is 0.343 e. The van der Waals surface area contributed by atoms with Gasteiger partial charge in [-0.3, -0.25) is 9.59 Å². The summed E-state index contributed by atoms with van der Waals surface area (Å²) in [4.78, 5) is 49.3. The van der Waals surface area contributed by atoms with Crippen molar-refractivity contribution < 1.29 is 47.7 Å². The van der Waals surface area contributed by atoms with Crippen LogP contribution in [0.4, 0.5) is 0 Å². The Bertz CT molecular complexity index is 1350. The first-order chi connectivity index (χ1) is 17.3. The molecule has 4 N–H and O–H groups in total. The predicted molar refractivity (Wildman–Crippen MR) is 128 cm³/mol. The van der Waals surface area contributed by atoms with Crippen LogP contribution in [0.25, 0.3) is 0 Å². The van der Waals surface area contributed by atoms with Crippen LogP contribution in [0.1, 0.15) is 41.0 Å². The van der Waals surface area contributed by atoms with Crippen LogP contribution < -0.4 is 10.2 Å². The second-order valence-electron chi connectivity index (χ2n) is 8.39. The highest BCUT2D eigenvalue weighted by Crippen LogP contribution is 2.29. The van der Waals surface area contributed by atoms with Gasteiger partial charge in [0.05, 0.1) is 5.56 Å². The maximum atomic E-state index is 12.4. The SMILES string of the molecule is C[C@@H]1CC(=O)N1[C@@H](C(=O)O)[C@](C)(/C=N/NC(=O)c1ccc(OC(=O)c2ccc(O)c(O)c2)cc1)[SH](=O)=O. The molecule has 0 bridgehead atoms. The molecule has 3 atom stereocenters. The third-order valence-corrected chi connectivity index (χ3v) is 6.87. The van der Waals surface area contributed by atoms with Gasteiger partial charge in [-0.05, 0) is 56.3 Å². The number of aromatic hydroxyl groups is 2. The van der Waals surface area contributed by atoms with Crippen LogP contribution >= 0.6 is 0 Å². The summed E-state index contributed by atoms with van der Waals surface area (Å²) < 4.78 is 27.0. The molecule has 14 heteroatoms. The van der Waals surface area contributed by atoms with Gasteiger partial charge in [0.15, 0.2) is 28.2 Å². The molecule has 1 heterocycles. The monoisotopic (exact) mass is 533 g/mol. The van der Waals surface area contributed by atoms with Crippen LogP contribution in [0.5, 0.6) is 17.2 Å². The number of nitrogens with one attached hydrogen (secondary N) is 1. The molecule has 13 nitrogen and oxygen atoms in total. The molecule has 3 rings (SSSR count). The molecule has 0 saturated carbocycles. The molecule has 2 aromatic carbocycles. The van der Waals surface area contributed by atoms with Crippen LogP contribution in [0.3, 0.4) is 0 Å².